The molecule has 6 heteroatoms. The Hall–Kier alpha value is -2.63. The summed E-state index contributed by atoms with van der Waals surface area (Å²) in [6, 6.07) is 9.80. The van der Waals surface area contributed by atoms with Gasteiger partial charge in [-0.1, -0.05) is 18.2 Å². The molecule has 3 rings (SSSR count). The molecule has 2 amide bonds. The molecule has 1 fully saturated rings. The van der Waals surface area contributed by atoms with Gasteiger partial charge in [0, 0.05) is 37.8 Å². The van der Waals surface area contributed by atoms with Crippen LogP contribution in [0.4, 0.5) is 0 Å². The molecule has 1 aromatic carbocycles. The lowest BCUT2D eigenvalue weighted by molar-refractivity contribution is -0.128. The maximum atomic E-state index is 12.2. The molecule has 0 spiro atoms. The second-order valence-corrected chi connectivity index (χ2v) is 5.68. The highest BCUT2D eigenvalue weighted by Crippen LogP contribution is 2.17. The molecule has 1 N–H and O–H groups in total. The van der Waals surface area contributed by atoms with Gasteiger partial charge in [0.1, 0.15) is 0 Å². The predicted octanol–water partition coefficient (Wildman–Crippen LogP) is 1.36. The fourth-order valence-corrected chi connectivity index (χ4v) is 2.76. The van der Waals surface area contributed by atoms with Crippen molar-refractivity contribution in [3.05, 3.63) is 48.3 Å². The molecule has 1 atom stereocenters. The molecule has 1 aliphatic heterocycles. The zero-order chi connectivity index (χ0) is 16.2. The van der Waals surface area contributed by atoms with Crippen LogP contribution in [0, 0.1) is 5.92 Å². The zero-order valence-electron chi connectivity index (χ0n) is 13.1. The first-order valence-corrected chi connectivity index (χ1v) is 7.82. The van der Waals surface area contributed by atoms with Crippen molar-refractivity contribution in [1.82, 2.24) is 20.0 Å². The van der Waals surface area contributed by atoms with Gasteiger partial charge in [0.2, 0.25) is 11.8 Å². The van der Waals surface area contributed by atoms with Gasteiger partial charge in [-0.3, -0.25) is 9.59 Å². The monoisotopic (exact) mass is 312 g/mol. The Morgan fingerprint density at radius 2 is 2.13 bits per heavy atom. The van der Waals surface area contributed by atoms with E-state index in [1.54, 1.807) is 15.8 Å². The van der Waals surface area contributed by atoms with Crippen LogP contribution in [-0.2, 0) is 16.1 Å². The van der Waals surface area contributed by atoms with Gasteiger partial charge >= 0.3 is 0 Å². The van der Waals surface area contributed by atoms with Gasteiger partial charge in [0.05, 0.1) is 17.8 Å². The van der Waals surface area contributed by atoms with Crippen LogP contribution in [-0.4, -0.2) is 39.6 Å². The molecule has 0 saturated carbocycles. The van der Waals surface area contributed by atoms with E-state index in [-0.39, 0.29) is 17.7 Å². The van der Waals surface area contributed by atoms with E-state index in [0.717, 1.165) is 11.3 Å². The number of carbonyl (C=O) groups excluding carboxylic acids is 2. The van der Waals surface area contributed by atoms with E-state index < -0.39 is 0 Å². The highest BCUT2D eigenvalue weighted by molar-refractivity contribution is 5.89. The van der Waals surface area contributed by atoms with E-state index in [0.29, 0.717) is 26.1 Å². The van der Waals surface area contributed by atoms with Crippen molar-refractivity contribution in [2.24, 2.45) is 5.92 Å². The summed E-state index contributed by atoms with van der Waals surface area (Å²) in [6.45, 7) is 3.52. The van der Waals surface area contributed by atoms with Gasteiger partial charge in [0.15, 0.2) is 0 Å². The number of nitrogens with one attached hydrogen (secondary N) is 1. The Morgan fingerprint density at radius 3 is 2.83 bits per heavy atom. The third-order valence-electron chi connectivity index (χ3n) is 4.09. The molecule has 2 aromatic rings. The number of aromatic nitrogens is 2. The maximum absolute atomic E-state index is 12.2. The molecule has 1 aliphatic rings. The molecule has 23 heavy (non-hydrogen) atoms. The number of hydrogen-bond donors (Lipinski definition) is 1. The van der Waals surface area contributed by atoms with Crippen molar-refractivity contribution >= 4 is 11.8 Å². The van der Waals surface area contributed by atoms with E-state index in [9.17, 15) is 9.59 Å². The zero-order valence-corrected chi connectivity index (χ0v) is 13.1. The summed E-state index contributed by atoms with van der Waals surface area (Å²) in [5, 5.41) is 7.20. The molecule has 6 nitrogen and oxygen atoms in total. The molecule has 1 aromatic heterocycles. The quantitative estimate of drug-likeness (QED) is 0.906. The van der Waals surface area contributed by atoms with Crippen molar-refractivity contribution in [3.8, 4) is 5.69 Å². The van der Waals surface area contributed by atoms with Crippen LogP contribution in [0.25, 0.3) is 5.69 Å². The van der Waals surface area contributed by atoms with Crippen LogP contribution in [0.15, 0.2) is 42.7 Å². The highest BCUT2D eigenvalue weighted by Gasteiger charge is 2.33. The third-order valence-corrected chi connectivity index (χ3v) is 4.09. The lowest BCUT2D eigenvalue weighted by atomic mass is 10.1. The largest absolute Gasteiger partial charge is 0.352 e. The van der Waals surface area contributed by atoms with Gasteiger partial charge in [0.25, 0.3) is 0 Å². The Kier molecular flexibility index (Phi) is 4.41. The second kappa shape index (κ2) is 6.64. The fraction of sp³-hybridized carbons (Fsp3) is 0.353. The second-order valence-electron chi connectivity index (χ2n) is 5.68. The number of likely N-dealkylation sites (tertiary alicyclic amines) is 1. The van der Waals surface area contributed by atoms with Crippen molar-refractivity contribution < 1.29 is 9.59 Å². The standard InChI is InChI=1S/C17H20N4O2/c1-2-20-12-14(8-16(20)22)17(23)18-9-13-10-19-21(11-13)15-6-4-3-5-7-15/h3-7,10-11,14H,2,8-9,12H2,1H3,(H,18,23)/t14-/m1/s1. The molecule has 0 aliphatic carbocycles. The summed E-state index contributed by atoms with van der Waals surface area (Å²) >= 11 is 0. The van der Waals surface area contributed by atoms with E-state index >= 15 is 0 Å². The van der Waals surface area contributed by atoms with E-state index in [2.05, 4.69) is 10.4 Å². The molecule has 120 valence electrons. The Morgan fingerprint density at radius 1 is 1.35 bits per heavy atom. The molecular formula is C17H20N4O2. The van der Waals surface area contributed by atoms with Crippen molar-refractivity contribution in [3.63, 3.8) is 0 Å². The van der Waals surface area contributed by atoms with E-state index in [1.807, 2.05) is 43.5 Å². The third kappa shape index (κ3) is 3.41. The first-order chi connectivity index (χ1) is 11.2. The summed E-state index contributed by atoms with van der Waals surface area (Å²) in [7, 11) is 0. The number of benzene rings is 1. The summed E-state index contributed by atoms with van der Waals surface area (Å²) in [5.74, 6) is -0.252. The van der Waals surface area contributed by atoms with Crippen LogP contribution in [0.5, 0.6) is 0 Å². The minimum Gasteiger partial charge on any atom is -0.352 e. The Bertz CT molecular complexity index is 696. The lowest BCUT2D eigenvalue weighted by Gasteiger charge is -2.13. The average molecular weight is 312 g/mol. The molecule has 0 unspecified atom stereocenters. The topological polar surface area (TPSA) is 67.2 Å². The summed E-state index contributed by atoms with van der Waals surface area (Å²) < 4.78 is 1.78. The molecule has 1 saturated heterocycles. The lowest BCUT2D eigenvalue weighted by Crippen LogP contribution is -2.32. The number of amides is 2. The summed E-state index contributed by atoms with van der Waals surface area (Å²) in [5.41, 5.74) is 1.91. The number of para-hydroxylation sites is 1. The molecule has 0 radical (unpaired) electrons. The Balaban J connectivity index is 1.56. The van der Waals surface area contributed by atoms with Crippen LogP contribution >= 0.6 is 0 Å². The van der Waals surface area contributed by atoms with Crippen molar-refractivity contribution in [2.45, 2.75) is 19.9 Å². The molecule has 2 heterocycles. The van der Waals surface area contributed by atoms with Crippen molar-refractivity contribution in [2.75, 3.05) is 13.1 Å². The number of nitrogens with zero attached hydrogens (tertiary/aromatic N) is 3. The van der Waals surface area contributed by atoms with Crippen molar-refractivity contribution in [1.29, 1.82) is 0 Å². The number of hydrogen-bond acceptors (Lipinski definition) is 3. The number of carbonyl (C=O) groups is 2. The summed E-state index contributed by atoms with van der Waals surface area (Å²) in [4.78, 5) is 25.6. The maximum Gasteiger partial charge on any atom is 0.225 e. The number of rotatable bonds is 5. The van der Waals surface area contributed by atoms with Gasteiger partial charge < -0.3 is 10.2 Å². The first kappa shape index (κ1) is 15.3. The highest BCUT2D eigenvalue weighted by atomic mass is 16.2. The van der Waals surface area contributed by atoms with Crippen LogP contribution in [0.3, 0.4) is 0 Å². The molecular weight excluding hydrogens is 292 g/mol. The first-order valence-electron chi connectivity index (χ1n) is 7.82. The van der Waals surface area contributed by atoms with Crippen LogP contribution < -0.4 is 5.32 Å². The minimum absolute atomic E-state index is 0.0598. The van der Waals surface area contributed by atoms with Crippen LogP contribution in [0.1, 0.15) is 18.9 Å². The summed E-state index contributed by atoms with van der Waals surface area (Å²) in [6.07, 6.45) is 3.95. The van der Waals surface area contributed by atoms with Gasteiger partial charge in [-0.25, -0.2) is 4.68 Å². The SMILES string of the molecule is CCN1C[C@H](C(=O)NCc2cnn(-c3ccccc3)c2)CC1=O. The predicted molar refractivity (Wildman–Crippen MR) is 85.8 cm³/mol. The fourth-order valence-electron chi connectivity index (χ4n) is 2.76. The smallest absolute Gasteiger partial charge is 0.225 e. The minimum atomic E-state index is -0.244. The molecule has 0 bridgehead atoms. The van der Waals surface area contributed by atoms with Crippen LogP contribution in [0.2, 0.25) is 0 Å². The Labute approximate surface area is 135 Å². The van der Waals surface area contributed by atoms with Gasteiger partial charge in [-0.05, 0) is 19.1 Å². The van der Waals surface area contributed by atoms with Gasteiger partial charge in [-0.15, -0.1) is 0 Å². The average Bonchev–Trinajstić information content (AvgIpc) is 3.20. The van der Waals surface area contributed by atoms with Gasteiger partial charge in [-0.2, -0.15) is 5.10 Å². The normalized spacial score (nSPS) is 17.5. The van der Waals surface area contributed by atoms with E-state index in [4.69, 9.17) is 0 Å². The van der Waals surface area contributed by atoms with E-state index in [1.165, 1.54) is 0 Å².